The third kappa shape index (κ3) is 3.44. The highest BCUT2D eigenvalue weighted by atomic mass is 16.5. The molecular formula is C11H18O6. The quantitative estimate of drug-likeness (QED) is 0.520. The van der Waals surface area contributed by atoms with Crippen LogP contribution in [0.3, 0.4) is 0 Å². The van der Waals surface area contributed by atoms with Gasteiger partial charge >= 0.3 is 17.9 Å². The van der Waals surface area contributed by atoms with Crippen molar-refractivity contribution in [2.75, 3.05) is 21.3 Å². The summed E-state index contributed by atoms with van der Waals surface area (Å²) in [4.78, 5) is 34.5. The number of rotatable bonds is 5. The van der Waals surface area contributed by atoms with Crippen molar-refractivity contribution in [2.45, 2.75) is 20.3 Å². The van der Waals surface area contributed by atoms with Gasteiger partial charge in [0, 0.05) is 0 Å². The van der Waals surface area contributed by atoms with Crippen LogP contribution in [0.25, 0.3) is 0 Å². The molecule has 0 N–H and O–H groups in total. The topological polar surface area (TPSA) is 78.9 Å². The number of hydrogen-bond donors (Lipinski definition) is 0. The third-order valence-electron chi connectivity index (χ3n) is 2.90. The fraction of sp³-hybridized carbons (Fsp3) is 0.727. The summed E-state index contributed by atoms with van der Waals surface area (Å²) >= 11 is 0. The second-order valence-corrected chi connectivity index (χ2v) is 3.91. The van der Waals surface area contributed by atoms with Crippen LogP contribution < -0.4 is 0 Å². The van der Waals surface area contributed by atoms with Crippen molar-refractivity contribution < 1.29 is 28.6 Å². The maximum absolute atomic E-state index is 11.7. The Kier molecular flexibility index (Phi) is 5.64. The Labute approximate surface area is 100 Å². The molecule has 0 bridgehead atoms. The highest BCUT2D eigenvalue weighted by Crippen LogP contribution is 2.34. The Morgan fingerprint density at radius 1 is 1.06 bits per heavy atom. The molecule has 17 heavy (non-hydrogen) atoms. The van der Waals surface area contributed by atoms with E-state index in [1.165, 1.54) is 35.2 Å². The second-order valence-electron chi connectivity index (χ2n) is 3.91. The predicted octanol–water partition coefficient (Wildman–Crippen LogP) is 0.538. The van der Waals surface area contributed by atoms with Gasteiger partial charge in [-0.25, -0.2) is 0 Å². The van der Waals surface area contributed by atoms with E-state index in [-0.39, 0.29) is 6.42 Å². The standard InChI is InChI=1S/C11H18O6/c1-7(9(13)16-4)11(2,10(14)17-5)6-8(12)15-3/h7H,6H2,1-5H3. The van der Waals surface area contributed by atoms with Gasteiger partial charge in [-0.05, 0) is 6.92 Å². The minimum absolute atomic E-state index is 0.244. The minimum atomic E-state index is -1.30. The van der Waals surface area contributed by atoms with Crippen LogP contribution in [0, 0.1) is 11.3 Å². The van der Waals surface area contributed by atoms with Crippen LogP contribution in [0.1, 0.15) is 20.3 Å². The molecule has 0 saturated carbocycles. The van der Waals surface area contributed by atoms with Gasteiger partial charge in [0.1, 0.15) is 0 Å². The van der Waals surface area contributed by atoms with Gasteiger partial charge in [0.05, 0.1) is 39.1 Å². The monoisotopic (exact) mass is 246 g/mol. The third-order valence-corrected chi connectivity index (χ3v) is 2.90. The molecule has 6 heteroatoms. The van der Waals surface area contributed by atoms with Crippen LogP contribution in [0.4, 0.5) is 0 Å². The summed E-state index contributed by atoms with van der Waals surface area (Å²) in [6.45, 7) is 2.98. The Hall–Kier alpha value is -1.59. The molecule has 0 aromatic rings. The molecule has 6 nitrogen and oxygen atoms in total. The summed E-state index contributed by atoms with van der Waals surface area (Å²) in [5.74, 6) is -2.63. The second kappa shape index (κ2) is 6.22. The van der Waals surface area contributed by atoms with Crippen LogP contribution in [0.2, 0.25) is 0 Å². The number of esters is 3. The van der Waals surface area contributed by atoms with Gasteiger partial charge in [0.25, 0.3) is 0 Å². The van der Waals surface area contributed by atoms with E-state index < -0.39 is 29.2 Å². The molecule has 0 saturated heterocycles. The van der Waals surface area contributed by atoms with Gasteiger partial charge in [-0.3, -0.25) is 14.4 Å². The highest BCUT2D eigenvalue weighted by Gasteiger charge is 2.46. The molecule has 2 unspecified atom stereocenters. The Morgan fingerprint density at radius 2 is 1.59 bits per heavy atom. The molecule has 0 aliphatic heterocycles. The number of methoxy groups -OCH3 is 3. The van der Waals surface area contributed by atoms with Crippen LogP contribution in [-0.4, -0.2) is 39.2 Å². The van der Waals surface area contributed by atoms with Crippen molar-refractivity contribution in [1.29, 1.82) is 0 Å². The zero-order valence-electron chi connectivity index (χ0n) is 10.7. The molecule has 0 aliphatic rings. The lowest BCUT2D eigenvalue weighted by atomic mass is 9.75. The maximum atomic E-state index is 11.7. The number of hydrogen-bond acceptors (Lipinski definition) is 6. The van der Waals surface area contributed by atoms with E-state index in [1.54, 1.807) is 0 Å². The molecule has 0 spiro atoms. The highest BCUT2D eigenvalue weighted by molar-refractivity contribution is 5.88. The van der Waals surface area contributed by atoms with Crippen LogP contribution in [0.15, 0.2) is 0 Å². The van der Waals surface area contributed by atoms with E-state index in [1.807, 2.05) is 0 Å². The van der Waals surface area contributed by atoms with E-state index in [9.17, 15) is 14.4 Å². The largest absolute Gasteiger partial charge is 0.469 e. The van der Waals surface area contributed by atoms with E-state index in [0.29, 0.717) is 0 Å². The van der Waals surface area contributed by atoms with Gasteiger partial charge in [-0.1, -0.05) is 6.92 Å². The maximum Gasteiger partial charge on any atom is 0.312 e. The molecule has 0 radical (unpaired) electrons. The molecule has 0 aliphatic carbocycles. The molecule has 0 aromatic carbocycles. The Bertz CT molecular complexity index is 311. The average molecular weight is 246 g/mol. The van der Waals surface area contributed by atoms with E-state index >= 15 is 0 Å². The number of ether oxygens (including phenoxy) is 3. The fourth-order valence-electron chi connectivity index (χ4n) is 1.44. The van der Waals surface area contributed by atoms with E-state index in [0.717, 1.165) is 0 Å². The predicted molar refractivity (Wildman–Crippen MR) is 57.9 cm³/mol. The molecule has 98 valence electrons. The molecule has 0 aromatic heterocycles. The van der Waals surface area contributed by atoms with Crippen molar-refractivity contribution in [1.82, 2.24) is 0 Å². The van der Waals surface area contributed by atoms with Gasteiger partial charge in [0.2, 0.25) is 0 Å². The van der Waals surface area contributed by atoms with Gasteiger partial charge in [0.15, 0.2) is 0 Å². The lowest BCUT2D eigenvalue weighted by Crippen LogP contribution is -2.42. The molecule has 0 heterocycles. The van der Waals surface area contributed by atoms with Crippen LogP contribution in [0.5, 0.6) is 0 Å². The van der Waals surface area contributed by atoms with E-state index in [2.05, 4.69) is 14.2 Å². The Morgan fingerprint density at radius 3 is 1.94 bits per heavy atom. The zero-order chi connectivity index (χ0) is 13.6. The lowest BCUT2D eigenvalue weighted by molar-refractivity contribution is -0.168. The van der Waals surface area contributed by atoms with Crippen LogP contribution >= 0.6 is 0 Å². The number of carbonyl (C=O) groups is 3. The summed E-state index contributed by atoms with van der Waals surface area (Å²) in [5, 5.41) is 0. The van der Waals surface area contributed by atoms with Crippen molar-refractivity contribution in [3.63, 3.8) is 0 Å². The summed E-state index contributed by atoms with van der Waals surface area (Å²) in [6.07, 6.45) is -0.244. The SMILES string of the molecule is COC(=O)CC(C)(C(=O)OC)C(C)C(=O)OC. The first kappa shape index (κ1) is 15.4. The molecule has 0 rings (SSSR count). The van der Waals surface area contributed by atoms with Gasteiger partial charge in [-0.2, -0.15) is 0 Å². The Balaban J connectivity index is 5.16. The van der Waals surface area contributed by atoms with Crippen molar-refractivity contribution in [3.8, 4) is 0 Å². The lowest BCUT2D eigenvalue weighted by Gasteiger charge is -2.29. The molecule has 0 fully saturated rings. The van der Waals surface area contributed by atoms with Crippen molar-refractivity contribution in [2.24, 2.45) is 11.3 Å². The minimum Gasteiger partial charge on any atom is -0.469 e. The van der Waals surface area contributed by atoms with Crippen molar-refractivity contribution in [3.05, 3.63) is 0 Å². The molecule has 2 atom stereocenters. The zero-order valence-corrected chi connectivity index (χ0v) is 10.7. The fourth-order valence-corrected chi connectivity index (χ4v) is 1.44. The molecule has 0 amide bonds. The first-order valence-electron chi connectivity index (χ1n) is 5.06. The first-order valence-corrected chi connectivity index (χ1v) is 5.06. The van der Waals surface area contributed by atoms with Gasteiger partial charge < -0.3 is 14.2 Å². The molecular weight excluding hydrogens is 228 g/mol. The van der Waals surface area contributed by atoms with Crippen molar-refractivity contribution >= 4 is 17.9 Å². The van der Waals surface area contributed by atoms with Crippen LogP contribution in [-0.2, 0) is 28.6 Å². The summed E-state index contributed by atoms with van der Waals surface area (Å²) in [7, 11) is 3.62. The summed E-state index contributed by atoms with van der Waals surface area (Å²) in [6, 6.07) is 0. The first-order chi connectivity index (χ1) is 7.83. The smallest absolute Gasteiger partial charge is 0.312 e. The number of carbonyl (C=O) groups excluding carboxylic acids is 3. The normalized spacial score (nSPS) is 15.4. The average Bonchev–Trinajstić information content (AvgIpc) is 2.35. The summed E-state index contributed by atoms with van der Waals surface area (Å²) in [5.41, 5.74) is -1.30. The van der Waals surface area contributed by atoms with Gasteiger partial charge in [-0.15, -0.1) is 0 Å². The summed E-state index contributed by atoms with van der Waals surface area (Å²) < 4.78 is 13.7. The van der Waals surface area contributed by atoms with E-state index in [4.69, 9.17) is 0 Å².